The third-order valence-corrected chi connectivity index (χ3v) is 9.51. The second kappa shape index (κ2) is 10.4. The molecule has 14 heteroatoms. The Kier molecular flexibility index (Phi) is 7.40. The van der Waals surface area contributed by atoms with Crippen LogP contribution in [-0.4, -0.2) is 63.3 Å². The molecule has 1 aliphatic heterocycles. The maximum atomic E-state index is 13.8. The number of alkyl halides is 3. The Hall–Kier alpha value is -3.85. The number of rotatable bonds is 7. The fourth-order valence-corrected chi connectivity index (χ4v) is 6.72. The van der Waals surface area contributed by atoms with Crippen LogP contribution in [0.5, 0.6) is 17.2 Å². The van der Waals surface area contributed by atoms with Crippen LogP contribution < -0.4 is 18.9 Å². The van der Waals surface area contributed by atoms with Gasteiger partial charge in [-0.25, -0.2) is 4.72 Å². The van der Waals surface area contributed by atoms with E-state index in [2.05, 4.69) is 0 Å². The van der Waals surface area contributed by atoms with E-state index in [-0.39, 0.29) is 28.4 Å². The Balaban J connectivity index is 1.85. The monoisotopic (exact) mass is 622 g/mol. The second-order valence-corrected chi connectivity index (χ2v) is 12.4. The smallest absolute Gasteiger partial charge is 0.416 e. The second-order valence-electron chi connectivity index (χ2n) is 10.5. The normalized spacial score (nSPS) is 26.4. The van der Waals surface area contributed by atoms with E-state index in [1.807, 2.05) is 4.72 Å². The van der Waals surface area contributed by atoms with E-state index in [4.69, 9.17) is 14.2 Å². The summed E-state index contributed by atoms with van der Waals surface area (Å²) in [6.45, 7) is 0. The molecule has 0 unspecified atom stereocenters. The number of nitrogens with one attached hydrogen (secondary N) is 1. The van der Waals surface area contributed by atoms with Crippen molar-refractivity contribution >= 4 is 16.1 Å². The minimum Gasteiger partial charge on any atom is -0.496 e. The summed E-state index contributed by atoms with van der Waals surface area (Å²) >= 11 is 0. The van der Waals surface area contributed by atoms with Crippen LogP contribution in [0.15, 0.2) is 66.7 Å². The first-order valence-corrected chi connectivity index (χ1v) is 14.4. The molecule has 0 bridgehead atoms. The van der Waals surface area contributed by atoms with Gasteiger partial charge in [0.1, 0.15) is 23.4 Å². The number of ether oxygens (including phenoxy) is 3. The average Bonchev–Trinajstić information content (AvgIpc) is 3.34. The molecule has 1 amide bonds. The van der Waals surface area contributed by atoms with E-state index >= 15 is 0 Å². The molecule has 1 fully saturated rings. The first kappa shape index (κ1) is 30.6. The summed E-state index contributed by atoms with van der Waals surface area (Å²) in [7, 11) is 0.696. The molecule has 10 nitrogen and oxygen atoms in total. The van der Waals surface area contributed by atoms with Crippen LogP contribution in [0.1, 0.15) is 28.2 Å². The van der Waals surface area contributed by atoms with Crippen molar-refractivity contribution in [1.29, 1.82) is 0 Å². The fourth-order valence-electron chi connectivity index (χ4n) is 6.15. The molecule has 0 radical (unpaired) electrons. The van der Waals surface area contributed by atoms with Crippen LogP contribution in [0, 0.1) is 5.92 Å². The third-order valence-electron chi connectivity index (χ3n) is 8.09. The van der Waals surface area contributed by atoms with Gasteiger partial charge in [0, 0.05) is 32.1 Å². The number of carbonyl (C=O) groups is 1. The van der Waals surface area contributed by atoms with Crippen molar-refractivity contribution in [1.82, 2.24) is 9.03 Å². The zero-order valence-electron chi connectivity index (χ0n) is 23.4. The summed E-state index contributed by atoms with van der Waals surface area (Å²) in [6.07, 6.45) is -6.74. The van der Waals surface area contributed by atoms with Crippen molar-refractivity contribution in [3.8, 4) is 17.2 Å². The van der Waals surface area contributed by atoms with Gasteiger partial charge in [0.2, 0.25) is 5.91 Å². The highest BCUT2D eigenvalue weighted by Gasteiger charge is 2.78. The Morgan fingerprint density at radius 2 is 1.65 bits per heavy atom. The Labute approximate surface area is 245 Å². The first-order chi connectivity index (χ1) is 20.1. The molecule has 3 aromatic rings. The lowest BCUT2D eigenvalue weighted by molar-refractivity contribution is -0.154. The average molecular weight is 623 g/mol. The molecule has 43 heavy (non-hydrogen) atoms. The number of amides is 1. The van der Waals surface area contributed by atoms with Crippen molar-refractivity contribution in [2.24, 2.45) is 5.92 Å². The summed E-state index contributed by atoms with van der Waals surface area (Å²) in [5.41, 5.74) is -5.46. The number of hydrogen-bond acceptors (Lipinski definition) is 8. The summed E-state index contributed by atoms with van der Waals surface area (Å²) in [5.74, 6) is -3.97. The Bertz CT molecular complexity index is 1650. The number of methoxy groups -OCH3 is 2. The zero-order chi connectivity index (χ0) is 31.5. The number of aliphatic hydroxyl groups excluding tert-OH is 1. The lowest BCUT2D eigenvalue weighted by Crippen LogP contribution is -2.52. The van der Waals surface area contributed by atoms with Gasteiger partial charge >= 0.3 is 16.4 Å². The molecule has 5 rings (SSSR count). The fraction of sp³-hybridized carbons (Fsp3) is 0.345. The third kappa shape index (κ3) is 4.51. The van der Waals surface area contributed by atoms with Gasteiger partial charge in [-0.3, -0.25) is 4.79 Å². The quantitative estimate of drug-likeness (QED) is 0.366. The van der Waals surface area contributed by atoms with E-state index < -0.39 is 57.0 Å². The standard InChI is InChI=1S/C29H29F3N2O8S/c1-34(2)43(38,39)33-26(36)22-23(16-8-6-5-7-9-16)28(17-10-12-18(13-11-17)29(30,31)32)27(37,25(22)35)24-20(41-4)14-19(40-3)15-21(24)42-28/h5-15,22-23,25,35,37H,1-4H3,(H,33,36)/t22-,23-,25-,27+,28+/m1/s1. The predicted molar refractivity (Wildman–Crippen MR) is 147 cm³/mol. The maximum Gasteiger partial charge on any atom is 0.416 e. The molecule has 3 aromatic carbocycles. The van der Waals surface area contributed by atoms with E-state index in [1.54, 1.807) is 30.3 Å². The van der Waals surface area contributed by atoms with Gasteiger partial charge in [0.25, 0.3) is 0 Å². The van der Waals surface area contributed by atoms with Crippen molar-refractivity contribution in [2.75, 3.05) is 28.3 Å². The highest BCUT2D eigenvalue weighted by Crippen LogP contribution is 2.70. The highest BCUT2D eigenvalue weighted by atomic mass is 32.2. The summed E-state index contributed by atoms with van der Waals surface area (Å²) in [4.78, 5) is 13.8. The minimum absolute atomic E-state index is 0.00142. The lowest BCUT2D eigenvalue weighted by atomic mass is 9.70. The van der Waals surface area contributed by atoms with Gasteiger partial charge in [-0.2, -0.15) is 25.9 Å². The van der Waals surface area contributed by atoms with Gasteiger partial charge < -0.3 is 24.4 Å². The lowest BCUT2D eigenvalue weighted by Gasteiger charge is -2.41. The van der Waals surface area contributed by atoms with E-state index in [9.17, 15) is 36.6 Å². The largest absolute Gasteiger partial charge is 0.496 e. The van der Waals surface area contributed by atoms with Gasteiger partial charge in [0.05, 0.1) is 31.3 Å². The molecular formula is C29H29F3N2O8S. The van der Waals surface area contributed by atoms with Gasteiger partial charge in [0.15, 0.2) is 11.2 Å². The van der Waals surface area contributed by atoms with Crippen LogP contribution in [-0.2, 0) is 32.4 Å². The van der Waals surface area contributed by atoms with Crippen LogP contribution >= 0.6 is 0 Å². The van der Waals surface area contributed by atoms with Gasteiger partial charge in [-0.05, 0) is 23.3 Å². The number of fused-ring (bicyclic) bond motifs is 3. The van der Waals surface area contributed by atoms with Crippen molar-refractivity contribution in [2.45, 2.75) is 29.4 Å². The number of benzene rings is 3. The van der Waals surface area contributed by atoms with Crippen LogP contribution in [0.25, 0.3) is 0 Å². The Morgan fingerprint density at radius 1 is 1.02 bits per heavy atom. The zero-order valence-corrected chi connectivity index (χ0v) is 24.2. The van der Waals surface area contributed by atoms with Crippen molar-refractivity contribution in [3.63, 3.8) is 0 Å². The topological polar surface area (TPSA) is 135 Å². The van der Waals surface area contributed by atoms with Crippen LogP contribution in [0.4, 0.5) is 13.2 Å². The summed E-state index contributed by atoms with van der Waals surface area (Å²) < 4.78 is 86.2. The van der Waals surface area contributed by atoms with Crippen LogP contribution in [0.2, 0.25) is 0 Å². The molecule has 3 N–H and O–H groups in total. The molecule has 5 atom stereocenters. The van der Waals surface area contributed by atoms with E-state index in [1.165, 1.54) is 40.4 Å². The maximum absolute atomic E-state index is 13.8. The minimum atomic E-state index is -4.68. The van der Waals surface area contributed by atoms with Crippen molar-refractivity contribution < 1.29 is 50.8 Å². The van der Waals surface area contributed by atoms with Crippen LogP contribution in [0.3, 0.4) is 0 Å². The SMILES string of the molecule is COc1cc(OC)c2c(c1)O[C@@]1(c3ccc(C(F)(F)F)cc3)[C@H](c3ccccc3)[C@@H](C(=O)NS(=O)(=O)N(C)C)[C@@H](O)[C@@]21O. The predicted octanol–water partition coefficient (Wildman–Crippen LogP) is 2.90. The molecule has 1 heterocycles. The molecule has 0 aromatic heterocycles. The van der Waals surface area contributed by atoms with E-state index in [0.717, 1.165) is 28.6 Å². The number of nitrogens with zero attached hydrogens (tertiary/aromatic N) is 1. The van der Waals surface area contributed by atoms with Crippen molar-refractivity contribution in [3.05, 3.63) is 89.0 Å². The summed E-state index contributed by atoms with van der Waals surface area (Å²) in [6, 6.07) is 14.7. The van der Waals surface area contributed by atoms with Gasteiger partial charge in [-0.1, -0.05) is 42.5 Å². The molecular weight excluding hydrogens is 593 g/mol. The molecule has 0 saturated heterocycles. The Morgan fingerprint density at radius 3 is 2.19 bits per heavy atom. The molecule has 2 aliphatic rings. The molecule has 230 valence electrons. The number of hydrogen-bond donors (Lipinski definition) is 3. The number of aliphatic hydroxyl groups is 2. The molecule has 1 aliphatic carbocycles. The first-order valence-electron chi connectivity index (χ1n) is 13.0. The number of halogens is 3. The molecule has 1 saturated carbocycles. The van der Waals surface area contributed by atoms with E-state index in [0.29, 0.717) is 5.56 Å². The molecule has 0 spiro atoms. The van der Waals surface area contributed by atoms with Gasteiger partial charge in [-0.15, -0.1) is 0 Å². The number of carbonyl (C=O) groups excluding carboxylic acids is 1. The summed E-state index contributed by atoms with van der Waals surface area (Å²) in [5, 5.41) is 24.8. The highest BCUT2D eigenvalue weighted by molar-refractivity contribution is 7.87.